The number of nitro groups is 1. The van der Waals surface area contributed by atoms with Crippen LogP contribution in [0.15, 0.2) is 39.8 Å². The molecule has 0 aliphatic heterocycles. The van der Waals surface area contributed by atoms with Crippen molar-refractivity contribution < 1.29 is 10.0 Å². The molecule has 0 aliphatic rings. The standard InChI is InChI=1S/C13H7BrCl2N2O3/c14-10-4-8(15)3-7(13(10)19)6-17-12-2-1-9(18(20)21)5-11(12)16/h1-6,19H/b17-6+. The number of hydrogen-bond acceptors (Lipinski definition) is 4. The van der Waals surface area contributed by atoms with Gasteiger partial charge >= 0.3 is 0 Å². The van der Waals surface area contributed by atoms with Gasteiger partial charge in [0.1, 0.15) is 5.75 Å². The summed E-state index contributed by atoms with van der Waals surface area (Å²) in [6, 6.07) is 7.01. The van der Waals surface area contributed by atoms with Gasteiger partial charge in [-0.3, -0.25) is 15.1 Å². The molecule has 5 nitrogen and oxygen atoms in total. The van der Waals surface area contributed by atoms with Gasteiger partial charge in [-0.2, -0.15) is 0 Å². The Bertz CT molecular complexity index is 750. The first-order chi connectivity index (χ1) is 9.88. The van der Waals surface area contributed by atoms with Gasteiger partial charge in [-0.25, -0.2) is 0 Å². The van der Waals surface area contributed by atoms with E-state index in [-0.39, 0.29) is 16.5 Å². The molecular formula is C13H7BrCl2N2O3. The SMILES string of the molecule is O=[N+]([O-])c1ccc(/N=C/c2cc(Cl)cc(Br)c2O)c(Cl)c1. The zero-order valence-electron chi connectivity index (χ0n) is 10.3. The first-order valence-electron chi connectivity index (χ1n) is 5.54. The first-order valence-corrected chi connectivity index (χ1v) is 7.09. The number of non-ortho nitro benzene ring substituents is 1. The molecule has 2 rings (SSSR count). The van der Waals surface area contributed by atoms with E-state index in [1.807, 2.05) is 0 Å². The molecule has 2 aromatic rings. The summed E-state index contributed by atoms with van der Waals surface area (Å²) in [5.41, 5.74) is 0.619. The number of phenolic OH excluding ortho intramolecular Hbond substituents is 1. The predicted octanol–water partition coefficient (Wildman–Crippen LogP) is 5.12. The number of halogens is 3. The van der Waals surface area contributed by atoms with Crippen molar-refractivity contribution in [2.75, 3.05) is 0 Å². The zero-order valence-corrected chi connectivity index (χ0v) is 13.4. The Hall–Kier alpha value is -1.63. The number of aliphatic imine (C=N–C) groups is 1. The van der Waals surface area contributed by atoms with Gasteiger partial charge in [0.15, 0.2) is 0 Å². The van der Waals surface area contributed by atoms with Crippen molar-refractivity contribution in [2.24, 2.45) is 4.99 Å². The second kappa shape index (κ2) is 6.43. The molecule has 0 heterocycles. The van der Waals surface area contributed by atoms with Gasteiger partial charge in [0, 0.05) is 28.9 Å². The maximum atomic E-state index is 10.6. The lowest BCUT2D eigenvalue weighted by Gasteiger charge is -2.03. The Morgan fingerprint density at radius 2 is 2.00 bits per heavy atom. The normalized spacial score (nSPS) is 11.0. The molecule has 0 bridgehead atoms. The van der Waals surface area contributed by atoms with E-state index < -0.39 is 4.92 Å². The van der Waals surface area contributed by atoms with Crippen LogP contribution in [0.25, 0.3) is 0 Å². The fraction of sp³-hybridized carbons (Fsp3) is 0. The lowest BCUT2D eigenvalue weighted by molar-refractivity contribution is -0.384. The van der Waals surface area contributed by atoms with Crippen LogP contribution in [0.1, 0.15) is 5.56 Å². The molecule has 8 heteroatoms. The van der Waals surface area contributed by atoms with Crippen molar-refractivity contribution in [3.8, 4) is 5.75 Å². The van der Waals surface area contributed by atoms with Gasteiger partial charge in [-0.15, -0.1) is 0 Å². The number of aromatic hydroxyl groups is 1. The van der Waals surface area contributed by atoms with Crippen LogP contribution in [0, 0.1) is 10.1 Å². The molecule has 0 atom stereocenters. The maximum Gasteiger partial charge on any atom is 0.271 e. The maximum absolute atomic E-state index is 10.6. The fourth-order valence-corrected chi connectivity index (χ4v) is 2.60. The Morgan fingerprint density at radius 1 is 1.29 bits per heavy atom. The van der Waals surface area contributed by atoms with Crippen LogP contribution in [-0.2, 0) is 0 Å². The molecule has 0 fully saturated rings. The van der Waals surface area contributed by atoms with E-state index >= 15 is 0 Å². The summed E-state index contributed by atoms with van der Waals surface area (Å²) in [4.78, 5) is 14.2. The fourth-order valence-electron chi connectivity index (χ4n) is 1.54. The number of nitro benzene ring substituents is 1. The summed E-state index contributed by atoms with van der Waals surface area (Å²) >= 11 is 15.0. The quantitative estimate of drug-likeness (QED) is 0.449. The highest BCUT2D eigenvalue weighted by atomic mass is 79.9. The van der Waals surface area contributed by atoms with Crippen molar-refractivity contribution in [1.29, 1.82) is 0 Å². The molecule has 1 N–H and O–H groups in total. The first kappa shape index (κ1) is 15.8. The molecule has 2 aromatic carbocycles. The van der Waals surface area contributed by atoms with Crippen LogP contribution in [0.3, 0.4) is 0 Å². The number of rotatable bonds is 3. The van der Waals surface area contributed by atoms with Crippen LogP contribution in [0.4, 0.5) is 11.4 Å². The van der Waals surface area contributed by atoms with Crippen molar-refractivity contribution in [1.82, 2.24) is 0 Å². The van der Waals surface area contributed by atoms with Gasteiger partial charge in [-0.05, 0) is 34.1 Å². The third kappa shape index (κ3) is 3.72. The molecule has 0 aromatic heterocycles. The lowest BCUT2D eigenvalue weighted by Crippen LogP contribution is -1.87. The average molecular weight is 390 g/mol. The van der Waals surface area contributed by atoms with Crippen LogP contribution in [0.5, 0.6) is 5.75 Å². The molecule has 0 saturated heterocycles. The largest absolute Gasteiger partial charge is 0.506 e. The van der Waals surface area contributed by atoms with Crippen molar-refractivity contribution >= 4 is 56.7 Å². The topological polar surface area (TPSA) is 75.7 Å². The average Bonchev–Trinajstić information content (AvgIpc) is 2.42. The second-order valence-electron chi connectivity index (χ2n) is 3.98. The summed E-state index contributed by atoms with van der Waals surface area (Å²) in [5.74, 6) is -0.0128. The van der Waals surface area contributed by atoms with E-state index in [0.717, 1.165) is 0 Å². The summed E-state index contributed by atoms with van der Waals surface area (Å²) < 4.78 is 0.436. The Balaban J connectivity index is 2.36. The number of benzene rings is 2. The molecule has 21 heavy (non-hydrogen) atoms. The van der Waals surface area contributed by atoms with E-state index in [0.29, 0.717) is 20.7 Å². The minimum Gasteiger partial charge on any atom is -0.506 e. The molecular weight excluding hydrogens is 383 g/mol. The Labute approximate surface area is 138 Å². The molecule has 0 amide bonds. The van der Waals surface area contributed by atoms with Crippen LogP contribution in [-0.4, -0.2) is 16.2 Å². The number of hydrogen-bond donors (Lipinski definition) is 1. The van der Waals surface area contributed by atoms with Crippen molar-refractivity contribution in [3.63, 3.8) is 0 Å². The van der Waals surface area contributed by atoms with Gasteiger partial charge in [0.05, 0.1) is 20.1 Å². The number of nitrogens with zero attached hydrogens (tertiary/aromatic N) is 2. The third-order valence-electron chi connectivity index (χ3n) is 2.54. The summed E-state index contributed by atoms with van der Waals surface area (Å²) in [6.45, 7) is 0. The van der Waals surface area contributed by atoms with Gasteiger partial charge in [0.25, 0.3) is 5.69 Å². The minimum atomic E-state index is -0.542. The monoisotopic (exact) mass is 388 g/mol. The molecule has 0 unspecified atom stereocenters. The van der Waals surface area contributed by atoms with E-state index in [1.54, 1.807) is 6.07 Å². The van der Waals surface area contributed by atoms with E-state index in [2.05, 4.69) is 20.9 Å². The van der Waals surface area contributed by atoms with E-state index in [1.165, 1.54) is 30.5 Å². The highest BCUT2D eigenvalue weighted by Gasteiger charge is 2.09. The summed E-state index contributed by atoms with van der Waals surface area (Å²) in [7, 11) is 0. The second-order valence-corrected chi connectivity index (χ2v) is 5.67. The minimum absolute atomic E-state index is 0.0128. The van der Waals surface area contributed by atoms with Gasteiger partial charge < -0.3 is 5.11 Å². The van der Waals surface area contributed by atoms with Crippen LogP contribution in [0.2, 0.25) is 10.0 Å². The highest BCUT2D eigenvalue weighted by molar-refractivity contribution is 9.10. The molecule has 0 saturated carbocycles. The summed E-state index contributed by atoms with van der Waals surface area (Å²) in [6.07, 6.45) is 1.37. The van der Waals surface area contributed by atoms with Gasteiger partial charge in [0.2, 0.25) is 0 Å². The smallest absolute Gasteiger partial charge is 0.271 e. The zero-order chi connectivity index (χ0) is 15.6. The van der Waals surface area contributed by atoms with E-state index in [9.17, 15) is 15.2 Å². The highest BCUT2D eigenvalue weighted by Crippen LogP contribution is 2.32. The van der Waals surface area contributed by atoms with Gasteiger partial charge in [-0.1, -0.05) is 23.2 Å². The van der Waals surface area contributed by atoms with Crippen LogP contribution < -0.4 is 0 Å². The van der Waals surface area contributed by atoms with Crippen molar-refractivity contribution in [3.05, 3.63) is 60.5 Å². The van der Waals surface area contributed by atoms with Crippen molar-refractivity contribution in [2.45, 2.75) is 0 Å². The molecule has 0 radical (unpaired) electrons. The molecule has 0 aliphatic carbocycles. The summed E-state index contributed by atoms with van der Waals surface area (Å²) in [5, 5.41) is 21.1. The predicted molar refractivity (Wildman–Crippen MR) is 86.2 cm³/mol. The third-order valence-corrected chi connectivity index (χ3v) is 3.67. The molecule has 108 valence electrons. The molecule has 0 spiro atoms. The number of phenols is 1. The van der Waals surface area contributed by atoms with Crippen LogP contribution >= 0.6 is 39.1 Å². The lowest BCUT2D eigenvalue weighted by atomic mass is 10.2. The Kier molecular flexibility index (Phi) is 4.82. The Morgan fingerprint density at radius 3 is 2.62 bits per heavy atom. The van der Waals surface area contributed by atoms with E-state index in [4.69, 9.17) is 23.2 Å².